The van der Waals surface area contributed by atoms with Gasteiger partial charge in [-0.3, -0.25) is 9.11 Å². The molecule has 22 nitrogen and oxygen atoms in total. The zero-order valence-electron chi connectivity index (χ0n) is 39.3. The minimum absolute atomic E-state index is 0.205. The highest BCUT2D eigenvalue weighted by Crippen LogP contribution is 2.43. The summed E-state index contributed by atoms with van der Waals surface area (Å²) in [6, 6.07) is 15.3. The molecule has 0 amide bonds. The Morgan fingerprint density at radius 2 is 1.60 bits per heavy atom. The predicted octanol–water partition coefficient (Wildman–Crippen LogP) is 9.41. The van der Waals surface area contributed by atoms with Gasteiger partial charge in [-0.25, -0.2) is 15.0 Å². The fourth-order valence-corrected chi connectivity index (χ4v) is 11.1. The van der Waals surface area contributed by atoms with E-state index in [-0.39, 0.29) is 38.3 Å². The molecule has 0 fully saturated rings. The van der Waals surface area contributed by atoms with Crippen LogP contribution in [0.5, 0.6) is 11.5 Å². The van der Waals surface area contributed by atoms with Crippen LogP contribution < -0.4 is 29.9 Å². The van der Waals surface area contributed by atoms with Crippen molar-refractivity contribution in [2.24, 2.45) is 30.4 Å². The Hall–Kier alpha value is -6.60. The molecule has 2 aromatic heterocycles. The molecular formula is C44H49N13O9S4. The average Bonchev–Trinajstić information content (AvgIpc) is 3.95. The van der Waals surface area contributed by atoms with Crippen LogP contribution in [0.3, 0.4) is 0 Å². The average molecular weight is 1030 g/mol. The number of guanidine groups is 2. The number of hydrogen-bond donors (Lipinski definition) is 4. The van der Waals surface area contributed by atoms with E-state index in [1.807, 2.05) is 49.8 Å². The van der Waals surface area contributed by atoms with Crippen LogP contribution >= 0.6 is 22.7 Å². The van der Waals surface area contributed by atoms with Crippen LogP contribution in [0.15, 0.2) is 76.6 Å². The summed E-state index contributed by atoms with van der Waals surface area (Å²) in [5.41, 5.74) is 4.62. The van der Waals surface area contributed by atoms with Gasteiger partial charge in [-0.1, -0.05) is 22.7 Å². The quantitative estimate of drug-likeness (QED) is 0.0619. The third-order valence-electron chi connectivity index (χ3n) is 11.5. The molecule has 2 aliphatic heterocycles. The molecule has 4 bridgehead atoms. The van der Waals surface area contributed by atoms with Crippen molar-refractivity contribution in [1.29, 1.82) is 0 Å². The maximum Gasteiger partial charge on any atom is 0.302 e. The molecule has 70 heavy (non-hydrogen) atoms. The number of thiazole rings is 2. The maximum atomic E-state index is 12.0. The molecule has 0 aliphatic carbocycles. The van der Waals surface area contributed by atoms with E-state index in [4.69, 9.17) is 24.2 Å². The minimum atomic E-state index is -4.54. The third kappa shape index (κ3) is 10.3. The zero-order chi connectivity index (χ0) is 50.1. The van der Waals surface area contributed by atoms with E-state index < -0.39 is 26.4 Å². The van der Waals surface area contributed by atoms with Crippen LogP contribution in [0.2, 0.25) is 0 Å². The number of azo groups is 2. The van der Waals surface area contributed by atoms with E-state index in [0.717, 1.165) is 28.4 Å². The number of nitrogens with one attached hydrogen (secondary N) is 2. The number of aliphatic imine (C=N–C) groups is 2. The van der Waals surface area contributed by atoms with Gasteiger partial charge in [-0.2, -0.15) is 21.8 Å². The van der Waals surface area contributed by atoms with Gasteiger partial charge in [-0.05, 0) is 95.0 Å². The van der Waals surface area contributed by atoms with Crippen molar-refractivity contribution in [1.82, 2.24) is 14.9 Å². The molecule has 1 unspecified atom stereocenters. The van der Waals surface area contributed by atoms with Crippen LogP contribution in [-0.2, 0) is 25.0 Å². The van der Waals surface area contributed by atoms with Crippen molar-refractivity contribution in [3.8, 4) is 11.5 Å². The number of aryl methyl sites for hydroxylation is 2. The molecule has 6 aromatic rings. The SMILES string of the molecule is CCN(CC)c1cc(NC2=NC3=NC(CCCOCN(CC)c4cc(c(N=Nc5nc6ccc(S(=O)(=O)O)c(C)c6s5)cc4OC)N3)N2C)c(N=Nc2nc3c#cc(S(=O)(=O)O)c(C)c3s2)cc1OC. The van der Waals surface area contributed by atoms with Gasteiger partial charge >= 0.3 is 10.1 Å². The Kier molecular flexibility index (Phi) is 14.5. The summed E-state index contributed by atoms with van der Waals surface area (Å²) in [5.74, 6) is 1.69. The number of anilines is 4. The van der Waals surface area contributed by atoms with E-state index >= 15 is 0 Å². The summed E-state index contributed by atoms with van der Waals surface area (Å²) in [6.07, 6.45) is 0.824. The Balaban J connectivity index is 1.20. The number of methoxy groups -OCH3 is 2. The third-order valence-corrected chi connectivity index (χ3v) is 15.6. The molecule has 0 saturated heterocycles. The van der Waals surface area contributed by atoms with E-state index in [1.165, 1.54) is 12.1 Å². The Morgan fingerprint density at radius 1 is 0.900 bits per heavy atom. The fourth-order valence-electron chi connectivity index (χ4n) is 7.86. The van der Waals surface area contributed by atoms with E-state index in [1.54, 1.807) is 40.2 Å². The molecule has 26 heteroatoms. The molecule has 0 spiro atoms. The highest BCUT2D eigenvalue weighted by Gasteiger charge is 2.28. The molecule has 0 saturated carbocycles. The number of aromatic nitrogens is 2. The van der Waals surface area contributed by atoms with Gasteiger partial charge in [0.05, 0.1) is 56.8 Å². The summed E-state index contributed by atoms with van der Waals surface area (Å²) < 4.78 is 86.5. The predicted molar refractivity (Wildman–Crippen MR) is 271 cm³/mol. The van der Waals surface area contributed by atoms with E-state index in [0.29, 0.717) is 111 Å². The molecule has 4 heterocycles. The second-order valence-corrected chi connectivity index (χ2v) is 20.5. The van der Waals surface area contributed by atoms with Crippen molar-refractivity contribution < 1.29 is 40.2 Å². The van der Waals surface area contributed by atoms with Crippen LogP contribution in [0, 0.1) is 26.0 Å². The molecule has 1 atom stereocenters. The molecule has 368 valence electrons. The van der Waals surface area contributed by atoms with Gasteiger partial charge in [0.1, 0.15) is 46.2 Å². The highest BCUT2D eigenvalue weighted by molar-refractivity contribution is 7.86. The fraction of sp³-hybridized carbons (Fsp3) is 0.364. The topological polar surface area (TPSA) is 270 Å². The van der Waals surface area contributed by atoms with Crippen LogP contribution in [0.25, 0.3) is 20.4 Å². The number of ether oxygens (including phenoxy) is 3. The van der Waals surface area contributed by atoms with Crippen molar-refractivity contribution >= 4 is 120 Å². The number of hydrogen-bond acceptors (Lipinski definition) is 22. The van der Waals surface area contributed by atoms with E-state index in [2.05, 4.69) is 58.1 Å². The minimum Gasteiger partial charge on any atom is -0.494 e. The Labute approximate surface area is 412 Å². The first-order chi connectivity index (χ1) is 33.4. The van der Waals surface area contributed by atoms with Crippen molar-refractivity contribution in [2.75, 3.05) is 74.7 Å². The Morgan fingerprint density at radius 3 is 2.29 bits per heavy atom. The zero-order valence-corrected chi connectivity index (χ0v) is 42.6. The normalized spacial score (nSPS) is 15.8. The summed E-state index contributed by atoms with van der Waals surface area (Å²) in [6.45, 7) is 11.9. The second kappa shape index (κ2) is 20.4. The van der Waals surface area contributed by atoms with Crippen molar-refractivity contribution in [3.63, 3.8) is 0 Å². The summed E-state index contributed by atoms with van der Waals surface area (Å²) in [7, 11) is -3.99. The summed E-state index contributed by atoms with van der Waals surface area (Å²) >= 11 is 2.21. The van der Waals surface area contributed by atoms with Crippen LogP contribution in [-0.4, -0.2) is 113 Å². The molecule has 8 rings (SSSR count). The lowest BCUT2D eigenvalue weighted by Gasteiger charge is -2.33. The van der Waals surface area contributed by atoms with Crippen molar-refractivity contribution in [2.45, 2.75) is 63.4 Å². The van der Waals surface area contributed by atoms with Crippen molar-refractivity contribution in [3.05, 3.63) is 59.7 Å². The smallest absolute Gasteiger partial charge is 0.302 e. The molecule has 2 aliphatic rings. The van der Waals surface area contributed by atoms with Gasteiger partial charge in [0.2, 0.25) is 22.2 Å². The molecular weight excluding hydrogens is 983 g/mol. The summed E-state index contributed by atoms with van der Waals surface area (Å²) in [4.78, 5) is 24.6. The molecule has 4 aromatic carbocycles. The van der Waals surface area contributed by atoms with Gasteiger partial charge in [-0.15, -0.1) is 20.5 Å². The van der Waals surface area contributed by atoms with Gasteiger partial charge in [0.25, 0.3) is 10.1 Å². The van der Waals surface area contributed by atoms with Crippen LogP contribution in [0.4, 0.5) is 44.4 Å². The maximum absolute atomic E-state index is 12.0. The monoisotopic (exact) mass is 1030 g/mol. The number of fused-ring (bicyclic) bond motifs is 5. The lowest BCUT2D eigenvalue weighted by Crippen LogP contribution is -2.45. The number of benzene rings is 3. The second-order valence-electron chi connectivity index (χ2n) is 15.8. The number of nitrogens with zero attached hydrogens (tertiary/aromatic N) is 11. The lowest BCUT2D eigenvalue weighted by molar-refractivity contribution is 0.126. The van der Waals surface area contributed by atoms with E-state index in [9.17, 15) is 25.9 Å². The molecule has 0 radical (unpaired) electrons. The van der Waals surface area contributed by atoms with Gasteiger partial charge < -0.3 is 39.5 Å². The largest absolute Gasteiger partial charge is 0.494 e. The Bertz CT molecular complexity index is 3340. The number of rotatable bonds is 13. The molecule has 4 N–H and O–H groups in total. The first-order valence-corrected chi connectivity index (χ1v) is 26.3. The van der Waals surface area contributed by atoms with Crippen LogP contribution in [0.1, 0.15) is 44.7 Å². The lowest BCUT2D eigenvalue weighted by atomic mass is 10.2. The first kappa shape index (κ1) is 49.8. The first-order valence-electron chi connectivity index (χ1n) is 21.8. The summed E-state index contributed by atoms with van der Waals surface area (Å²) in [5, 5.41) is 25.6. The highest BCUT2D eigenvalue weighted by atomic mass is 32.2. The standard InChI is InChI=1S/C44H49N13O9S4/c1-9-56(10-2)32-20-29(31(22-34(32)64-7)52-54-44-48-27-15-17-37(70(61,62)63)25(5)40(27)68-44)46-42-50-41-45-28-19-33(57(11-3)23-66-18-12-13-38(49-41)55(42)6)35(65-8)21-30(28)51-53-43-47-26-14-16-36(69(58,59)60)24(4)39(26)67-43/h14,16,19-22,38H,9-13,18,23H2,1-8H3,(H,58,59,60)(H,61,62,63)(H2,45,46,49,50). The van der Waals surface area contributed by atoms with Gasteiger partial charge in [0.15, 0.2) is 0 Å². The van der Waals surface area contributed by atoms with Gasteiger partial charge in [0, 0.05) is 45.4 Å².